The summed E-state index contributed by atoms with van der Waals surface area (Å²) in [5, 5.41) is 2.76. The molecule has 6 nitrogen and oxygen atoms in total. The molecular weight excluding hydrogens is 380 g/mol. The molecule has 0 aliphatic carbocycles. The Labute approximate surface area is 177 Å². The molecule has 2 aromatic carbocycles. The lowest BCUT2D eigenvalue weighted by molar-refractivity contribution is -0.151. The molecule has 0 saturated carbocycles. The highest BCUT2D eigenvalue weighted by atomic mass is 16.5. The Kier molecular flexibility index (Phi) is 7.22. The topological polar surface area (TPSA) is 75.7 Å². The summed E-state index contributed by atoms with van der Waals surface area (Å²) in [5.41, 5.74) is 2.47. The second kappa shape index (κ2) is 10.1. The van der Waals surface area contributed by atoms with Gasteiger partial charge in [-0.15, -0.1) is 0 Å². The first-order valence-corrected chi connectivity index (χ1v) is 10.4. The predicted molar refractivity (Wildman–Crippen MR) is 115 cm³/mol. The molecule has 1 aliphatic heterocycles. The fraction of sp³-hybridized carbons (Fsp3) is 0.375. The number of anilines is 1. The predicted octanol–water partition coefficient (Wildman–Crippen LogP) is 3.35. The lowest BCUT2D eigenvalue weighted by Gasteiger charge is -2.29. The van der Waals surface area contributed by atoms with Gasteiger partial charge in [-0.05, 0) is 42.5 Å². The molecule has 0 radical (unpaired) electrons. The number of amides is 2. The smallest absolute Gasteiger partial charge is 0.329 e. The fourth-order valence-corrected chi connectivity index (χ4v) is 3.58. The number of hydrogen-bond acceptors (Lipinski definition) is 4. The molecule has 30 heavy (non-hydrogen) atoms. The SMILES string of the molecule is CCC(C)C(NC(=O)c1ccccc1)C(=O)OCC(=O)N1CCCc2ccccc21. The number of fused-ring (bicyclic) bond motifs is 1. The highest BCUT2D eigenvalue weighted by Gasteiger charge is 2.29. The van der Waals surface area contributed by atoms with E-state index in [2.05, 4.69) is 5.32 Å². The average molecular weight is 408 g/mol. The van der Waals surface area contributed by atoms with Crippen molar-refractivity contribution < 1.29 is 19.1 Å². The van der Waals surface area contributed by atoms with Crippen molar-refractivity contribution in [2.24, 2.45) is 5.92 Å². The molecule has 0 bridgehead atoms. The van der Waals surface area contributed by atoms with Gasteiger partial charge < -0.3 is 15.0 Å². The number of carbonyl (C=O) groups excluding carboxylic acids is 3. The molecule has 0 saturated heterocycles. The molecule has 6 heteroatoms. The maximum Gasteiger partial charge on any atom is 0.329 e. The Morgan fingerprint density at radius 1 is 1.07 bits per heavy atom. The zero-order valence-electron chi connectivity index (χ0n) is 17.5. The van der Waals surface area contributed by atoms with Crippen LogP contribution in [0.25, 0.3) is 0 Å². The Hall–Kier alpha value is -3.15. The number of carbonyl (C=O) groups is 3. The van der Waals surface area contributed by atoms with Crippen molar-refractivity contribution in [3.05, 3.63) is 65.7 Å². The number of nitrogens with zero attached hydrogens (tertiary/aromatic N) is 1. The number of nitrogens with one attached hydrogen (secondary N) is 1. The monoisotopic (exact) mass is 408 g/mol. The van der Waals surface area contributed by atoms with Crippen LogP contribution in [0.2, 0.25) is 0 Å². The first kappa shape index (κ1) is 21.6. The van der Waals surface area contributed by atoms with Crippen LogP contribution in [0.4, 0.5) is 5.69 Å². The third kappa shape index (κ3) is 5.06. The Balaban J connectivity index is 1.63. The summed E-state index contributed by atoms with van der Waals surface area (Å²) in [5.74, 6) is -1.31. The van der Waals surface area contributed by atoms with E-state index in [4.69, 9.17) is 4.74 Å². The van der Waals surface area contributed by atoms with Gasteiger partial charge in [-0.1, -0.05) is 56.7 Å². The molecule has 0 fully saturated rings. The Morgan fingerprint density at radius 2 is 1.77 bits per heavy atom. The number of para-hydroxylation sites is 1. The lowest BCUT2D eigenvalue weighted by atomic mass is 9.98. The molecule has 2 amide bonds. The van der Waals surface area contributed by atoms with Gasteiger partial charge >= 0.3 is 5.97 Å². The van der Waals surface area contributed by atoms with Crippen LogP contribution in [0.5, 0.6) is 0 Å². The summed E-state index contributed by atoms with van der Waals surface area (Å²) in [4.78, 5) is 39.6. The quantitative estimate of drug-likeness (QED) is 0.713. The Morgan fingerprint density at radius 3 is 2.50 bits per heavy atom. The van der Waals surface area contributed by atoms with E-state index in [-0.39, 0.29) is 24.3 Å². The highest BCUT2D eigenvalue weighted by molar-refractivity contribution is 5.98. The number of rotatable bonds is 7. The molecule has 2 atom stereocenters. The molecular formula is C24H28N2O4. The molecule has 0 aromatic heterocycles. The van der Waals surface area contributed by atoms with E-state index in [1.165, 1.54) is 0 Å². The average Bonchev–Trinajstić information content (AvgIpc) is 2.80. The van der Waals surface area contributed by atoms with E-state index in [0.717, 1.165) is 24.1 Å². The fourth-order valence-electron chi connectivity index (χ4n) is 3.58. The summed E-state index contributed by atoms with van der Waals surface area (Å²) in [6.45, 7) is 4.07. The van der Waals surface area contributed by atoms with Crippen molar-refractivity contribution in [2.45, 2.75) is 39.2 Å². The second-order valence-electron chi connectivity index (χ2n) is 7.59. The van der Waals surface area contributed by atoms with E-state index < -0.39 is 12.0 Å². The molecule has 1 N–H and O–H groups in total. The summed E-state index contributed by atoms with van der Waals surface area (Å²) in [6.07, 6.45) is 2.49. The molecule has 1 aliphatic rings. The van der Waals surface area contributed by atoms with E-state index >= 15 is 0 Å². The third-order valence-electron chi connectivity index (χ3n) is 5.54. The van der Waals surface area contributed by atoms with Gasteiger partial charge in [0.2, 0.25) is 0 Å². The van der Waals surface area contributed by atoms with Crippen molar-refractivity contribution >= 4 is 23.5 Å². The minimum absolute atomic E-state index is 0.129. The van der Waals surface area contributed by atoms with Crippen molar-refractivity contribution in [2.75, 3.05) is 18.1 Å². The van der Waals surface area contributed by atoms with Crippen LogP contribution in [0, 0.1) is 5.92 Å². The number of hydrogen-bond donors (Lipinski definition) is 1. The largest absolute Gasteiger partial charge is 0.454 e. The minimum Gasteiger partial charge on any atom is -0.454 e. The van der Waals surface area contributed by atoms with Gasteiger partial charge in [-0.2, -0.15) is 0 Å². The summed E-state index contributed by atoms with van der Waals surface area (Å²) < 4.78 is 5.35. The first-order chi connectivity index (χ1) is 14.5. The zero-order chi connectivity index (χ0) is 21.5. The lowest BCUT2D eigenvalue weighted by Crippen LogP contribution is -2.47. The molecule has 3 rings (SSSR count). The molecule has 2 unspecified atom stereocenters. The van der Waals surface area contributed by atoms with Gasteiger partial charge in [0.25, 0.3) is 11.8 Å². The van der Waals surface area contributed by atoms with Gasteiger partial charge in [-0.25, -0.2) is 4.79 Å². The van der Waals surface area contributed by atoms with Crippen LogP contribution in [0.1, 0.15) is 42.6 Å². The normalized spacial score (nSPS) is 14.9. The van der Waals surface area contributed by atoms with Gasteiger partial charge in [-0.3, -0.25) is 9.59 Å². The second-order valence-corrected chi connectivity index (χ2v) is 7.59. The minimum atomic E-state index is -0.816. The van der Waals surface area contributed by atoms with Crippen LogP contribution < -0.4 is 10.2 Å². The van der Waals surface area contributed by atoms with Crippen LogP contribution in [0.15, 0.2) is 54.6 Å². The molecule has 1 heterocycles. The van der Waals surface area contributed by atoms with Crippen LogP contribution in [-0.2, 0) is 20.7 Å². The maximum atomic E-state index is 12.7. The number of aryl methyl sites for hydroxylation is 1. The summed E-state index contributed by atoms with van der Waals surface area (Å²) in [6, 6.07) is 15.7. The Bertz CT molecular complexity index is 897. The van der Waals surface area contributed by atoms with Gasteiger partial charge in [0.05, 0.1) is 0 Å². The van der Waals surface area contributed by atoms with Crippen LogP contribution in [-0.4, -0.2) is 37.0 Å². The van der Waals surface area contributed by atoms with Crippen molar-refractivity contribution in [1.29, 1.82) is 0 Å². The third-order valence-corrected chi connectivity index (χ3v) is 5.54. The van der Waals surface area contributed by atoms with Gasteiger partial charge in [0.15, 0.2) is 6.61 Å². The van der Waals surface area contributed by atoms with Crippen LogP contribution in [0.3, 0.4) is 0 Å². The van der Waals surface area contributed by atoms with Gasteiger partial charge in [0, 0.05) is 17.8 Å². The molecule has 0 spiro atoms. The molecule has 158 valence electrons. The van der Waals surface area contributed by atoms with Crippen molar-refractivity contribution in [3.63, 3.8) is 0 Å². The zero-order valence-corrected chi connectivity index (χ0v) is 17.5. The summed E-state index contributed by atoms with van der Waals surface area (Å²) >= 11 is 0. The summed E-state index contributed by atoms with van der Waals surface area (Å²) in [7, 11) is 0. The van der Waals surface area contributed by atoms with Crippen molar-refractivity contribution in [3.8, 4) is 0 Å². The molecule has 2 aromatic rings. The van der Waals surface area contributed by atoms with E-state index in [1.54, 1.807) is 29.2 Å². The van der Waals surface area contributed by atoms with Gasteiger partial charge in [0.1, 0.15) is 6.04 Å². The van der Waals surface area contributed by atoms with E-state index in [9.17, 15) is 14.4 Å². The van der Waals surface area contributed by atoms with Crippen LogP contribution >= 0.6 is 0 Å². The van der Waals surface area contributed by atoms with Crippen molar-refractivity contribution in [1.82, 2.24) is 5.32 Å². The standard InChI is InChI=1S/C24H28N2O4/c1-3-17(2)22(25-23(28)19-11-5-4-6-12-19)24(29)30-16-21(27)26-15-9-13-18-10-7-8-14-20(18)26/h4-8,10-12,14,17,22H,3,9,13,15-16H2,1-2H3,(H,25,28). The highest BCUT2D eigenvalue weighted by Crippen LogP contribution is 2.26. The van der Waals surface area contributed by atoms with E-state index in [1.807, 2.05) is 44.2 Å². The maximum absolute atomic E-state index is 12.7. The first-order valence-electron chi connectivity index (χ1n) is 10.4. The number of benzene rings is 2. The number of ether oxygens (including phenoxy) is 1. The number of esters is 1. The van der Waals surface area contributed by atoms with E-state index in [0.29, 0.717) is 18.5 Å².